The molecule has 1 aromatic heterocycles. The Balaban J connectivity index is 1.39. The van der Waals surface area contributed by atoms with Crippen LogP contribution in [0.1, 0.15) is 15.9 Å². The summed E-state index contributed by atoms with van der Waals surface area (Å²) in [5.74, 6) is -1.42. The molecule has 0 aliphatic carbocycles. The van der Waals surface area contributed by atoms with Crippen LogP contribution < -0.4 is 5.32 Å². The maximum Gasteiger partial charge on any atom is 0.416 e. The van der Waals surface area contributed by atoms with Crippen LogP contribution >= 0.6 is 0 Å². The highest BCUT2D eigenvalue weighted by molar-refractivity contribution is 5.99. The predicted octanol–water partition coefficient (Wildman–Crippen LogP) is 5.11. The molecular formula is C31H29F4N5O3. The number of nitrogens with one attached hydrogen (secondary N) is 1. The molecule has 2 amide bonds. The van der Waals surface area contributed by atoms with E-state index in [1.165, 1.54) is 45.9 Å². The number of carbonyl (C=O) groups is 2. The lowest BCUT2D eigenvalue weighted by molar-refractivity contribution is -0.137. The van der Waals surface area contributed by atoms with E-state index < -0.39 is 29.4 Å². The normalized spacial score (nSPS) is 14.0. The molecule has 0 saturated carbocycles. The first kappa shape index (κ1) is 29.9. The van der Waals surface area contributed by atoms with Gasteiger partial charge in [0.25, 0.3) is 5.91 Å². The van der Waals surface area contributed by atoms with Crippen LogP contribution in [0.3, 0.4) is 0 Å². The molecule has 224 valence electrons. The lowest BCUT2D eigenvalue weighted by Gasteiger charge is -2.30. The molecular weight excluding hydrogens is 566 g/mol. The number of benzene rings is 3. The number of halogens is 4. The van der Waals surface area contributed by atoms with Crippen molar-refractivity contribution < 1.29 is 31.9 Å². The lowest BCUT2D eigenvalue weighted by Crippen LogP contribution is -2.45. The van der Waals surface area contributed by atoms with Crippen molar-refractivity contribution in [2.24, 2.45) is 0 Å². The topological polar surface area (TPSA) is 79.7 Å². The highest BCUT2D eigenvalue weighted by Crippen LogP contribution is 2.31. The molecule has 1 N–H and O–H groups in total. The van der Waals surface area contributed by atoms with E-state index in [1.807, 2.05) is 30.3 Å². The average molecular weight is 596 g/mol. The summed E-state index contributed by atoms with van der Waals surface area (Å²) in [7, 11) is 0. The van der Waals surface area contributed by atoms with Gasteiger partial charge in [-0.2, -0.15) is 13.2 Å². The summed E-state index contributed by atoms with van der Waals surface area (Å²) in [6.07, 6.45) is -2.88. The van der Waals surface area contributed by atoms with Crippen molar-refractivity contribution in [3.8, 4) is 16.9 Å². The van der Waals surface area contributed by atoms with Crippen molar-refractivity contribution in [1.82, 2.24) is 19.4 Å². The Morgan fingerprint density at radius 2 is 1.60 bits per heavy atom. The van der Waals surface area contributed by atoms with Gasteiger partial charge in [0.05, 0.1) is 24.5 Å². The Labute approximate surface area is 245 Å². The van der Waals surface area contributed by atoms with E-state index in [2.05, 4.69) is 15.2 Å². The minimum absolute atomic E-state index is 0.0750. The first-order valence-electron chi connectivity index (χ1n) is 13.6. The Morgan fingerprint density at radius 1 is 0.930 bits per heavy atom. The van der Waals surface area contributed by atoms with Crippen molar-refractivity contribution in [2.45, 2.75) is 6.18 Å². The van der Waals surface area contributed by atoms with E-state index >= 15 is 0 Å². The van der Waals surface area contributed by atoms with Gasteiger partial charge in [0.2, 0.25) is 11.9 Å². The number of aromatic nitrogens is 2. The number of carbonyl (C=O) groups excluding carboxylic acids is 2. The fourth-order valence-corrected chi connectivity index (χ4v) is 4.68. The number of ether oxygens (including phenoxy) is 1. The van der Waals surface area contributed by atoms with E-state index in [4.69, 9.17) is 4.74 Å². The predicted molar refractivity (Wildman–Crippen MR) is 152 cm³/mol. The van der Waals surface area contributed by atoms with E-state index in [0.717, 1.165) is 17.7 Å². The summed E-state index contributed by atoms with van der Waals surface area (Å²) in [6.45, 7) is 2.93. The third-order valence-corrected chi connectivity index (χ3v) is 7.00. The number of hydrogen-bond acceptors (Lipinski definition) is 5. The summed E-state index contributed by atoms with van der Waals surface area (Å²) in [5.41, 5.74) is 1.00. The van der Waals surface area contributed by atoms with Crippen molar-refractivity contribution in [3.05, 3.63) is 102 Å². The minimum Gasteiger partial charge on any atom is -0.379 e. The minimum atomic E-state index is -4.50. The van der Waals surface area contributed by atoms with Gasteiger partial charge in [0.1, 0.15) is 12.4 Å². The van der Waals surface area contributed by atoms with Crippen LogP contribution in [0.25, 0.3) is 16.9 Å². The third-order valence-electron chi connectivity index (χ3n) is 7.00. The summed E-state index contributed by atoms with van der Waals surface area (Å²) >= 11 is 0. The molecule has 8 nitrogen and oxygen atoms in total. The molecule has 0 bridgehead atoms. The molecule has 0 unspecified atom stereocenters. The molecule has 43 heavy (non-hydrogen) atoms. The standard InChI is InChI=1S/C31H29F4N5O3/c32-25-10-6-23(7-11-25)29(42)39(15-14-38-16-18-43-19-17-38)21-28(41)37-30-36-27(22-4-2-1-3-5-22)20-40(30)26-12-8-24(9-13-26)31(33,34)35/h1-13,20H,14-19,21H2,(H,36,37,41). The zero-order valence-corrected chi connectivity index (χ0v) is 23.1. The monoisotopic (exact) mass is 595 g/mol. The van der Waals surface area contributed by atoms with Gasteiger partial charge in [-0.05, 0) is 48.5 Å². The molecule has 3 aromatic carbocycles. The van der Waals surface area contributed by atoms with Gasteiger partial charge in [-0.25, -0.2) is 9.37 Å². The van der Waals surface area contributed by atoms with Crippen LogP contribution in [-0.2, 0) is 15.7 Å². The van der Waals surface area contributed by atoms with Crippen LogP contribution in [0.2, 0.25) is 0 Å². The molecule has 5 rings (SSSR count). The van der Waals surface area contributed by atoms with Crippen LogP contribution in [0.4, 0.5) is 23.5 Å². The van der Waals surface area contributed by atoms with E-state index in [0.29, 0.717) is 44.2 Å². The number of anilines is 1. The van der Waals surface area contributed by atoms with Gasteiger partial charge < -0.3 is 9.64 Å². The van der Waals surface area contributed by atoms with E-state index in [9.17, 15) is 27.2 Å². The molecule has 12 heteroatoms. The Morgan fingerprint density at radius 3 is 2.26 bits per heavy atom. The summed E-state index contributed by atoms with van der Waals surface area (Å²) < 4.78 is 59.9. The third kappa shape index (κ3) is 7.65. The Bertz CT molecular complexity index is 1530. The largest absolute Gasteiger partial charge is 0.416 e. The molecule has 4 aromatic rings. The van der Waals surface area contributed by atoms with Gasteiger partial charge in [-0.1, -0.05) is 30.3 Å². The van der Waals surface area contributed by atoms with Crippen LogP contribution in [0.5, 0.6) is 0 Å². The average Bonchev–Trinajstić information content (AvgIpc) is 3.43. The molecule has 0 spiro atoms. The van der Waals surface area contributed by atoms with Crippen LogP contribution in [0.15, 0.2) is 85.1 Å². The molecule has 0 radical (unpaired) electrons. The number of rotatable bonds is 9. The van der Waals surface area contributed by atoms with Crippen molar-refractivity contribution >= 4 is 17.8 Å². The first-order chi connectivity index (χ1) is 20.7. The second kappa shape index (κ2) is 13.2. The van der Waals surface area contributed by atoms with Gasteiger partial charge >= 0.3 is 6.18 Å². The molecule has 0 atom stereocenters. The second-order valence-corrected chi connectivity index (χ2v) is 9.97. The first-order valence-corrected chi connectivity index (χ1v) is 13.6. The number of alkyl halides is 3. The lowest BCUT2D eigenvalue weighted by atomic mass is 10.2. The molecule has 1 aliphatic rings. The Kier molecular flexibility index (Phi) is 9.17. The number of amides is 2. The zero-order valence-electron chi connectivity index (χ0n) is 23.1. The SMILES string of the molecule is O=C(CN(CCN1CCOCC1)C(=O)c1ccc(F)cc1)Nc1nc(-c2ccccc2)cn1-c1ccc(C(F)(F)F)cc1. The number of nitrogens with zero attached hydrogens (tertiary/aromatic N) is 4. The fraction of sp³-hybridized carbons (Fsp3) is 0.258. The van der Waals surface area contributed by atoms with Gasteiger partial charge in [0, 0.05) is 49.2 Å². The smallest absolute Gasteiger partial charge is 0.379 e. The van der Waals surface area contributed by atoms with Crippen LogP contribution in [0, 0.1) is 5.82 Å². The van der Waals surface area contributed by atoms with Gasteiger partial charge in [0.15, 0.2) is 0 Å². The summed E-state index contributed by atoms with van der Waals surface area (Å²) in [4.78, 5) is 34.8. The molecule has 1 fully saturated rings. The fourth-order valence-electron chi connectivity index (χ4n) is 4.68. The van der Waals surface area contributed by atoms with Crippen molar-refractivity contribution in [3.63, 3.8) is 0 Å². The maximum absolute atomic E-state index is 13.5. The van der Waals surface area contributed by atoms with E-state index in [-0.39, 0.29) is 24.6 Å². The molecule has 1 saturated heterocycles. The number of morpholine rings is 1. The molecule has 2 heterocycles. The van der Waals surface area contributed by atoms with Gasteiger partial charge in [-0.15, -0.1) is 0 Å². The van der Waals surface area contributed by atoms with Gasteiger partial charge in [-0.3, -0.25) is 24.4 Å². The second-order valence-electron chi connectivity index (χ2n) is 9.97. The van der Waals surface area contributed by atoms with Crippen LogP contribution in [-0.4, -0.2) is 77.1 Å². The van der Waals surface area contributed by atoms with Crippen molar-refractivity contribution in [2.75, 3.05) is 51.3 Å². The quantitative estimate of drug-likeness (QED) is 0.272. The van der Waals surface area contributed by atoms with E-state index in [1.54, 1.807) is 6.20 Å². The summed E-state index contributed by atoms with van der Waals surface area (Å²) in [6, 6.07) is 18.7. The number of imidazole rings is 1. The highest BCUT2D eigenvalue weighted by atomic mass is 19.4. The summed E-state index contributed by atoms with van der Waals surface area (Å²) in [5, 5.41) is 2.73. The highest BCUT2D eigenvalue weighted by Gasteiger charge is 2.30. The maximum atomic E-state index is 13.5. The Hall–Kier alpha value is -4.55. The van der Waals surface area contributed by atoms with Crippen molar-refractivity contribution in [1.29, 1.82) is 0 Å². The molecule has 1 aliphatic heterocycles. The zero-order chi connectivity index (χ0) is 30.4. The number of hydrogen-bond donors (Lipinski definition) is 1.